The smallest absolute Gasteiger partial charge is 0.338 e. The first-order valence-electron chi connectivity index (χ1n) is 6.45. The van der Waals surface area contributed by atoms with Crippen molar-refractivity contribution in [2.75, 3.05) is 0 Å². The van der Waals surface area contributed by atoms with E-state index in [-0.39, 0.29) is 5.97 Å². The third-order valence-electron chi connectivity index (χ3n) is 2.68. The van der Waals surface area contributed by atoms with Gasteiger partial charge in [-0.25, -0.2) is 4.79 Å². The number of allylic oxidation sites excluding steroid dienone is 2. The van der Waals surface area contributed by atoms with Gasteiger partial charge in [-0.05, 0) is 46.3 Å². The molecule has 0 spiro atoms. The Bertz CT molecular complexity index is 497. The highest BCUT2D eigenvalue weighted by molar-refractivity contribution is 5.92. The fourth-order valence-corrected chi connectivity index (χ4v) is 1.61. The number of hydrogen-bond acceptors (Lipinski definition) is 2. The summed E-state index contributed by atoms with van der Waals surface area (Å²) in [6.45, 7) is 10.1. The van der Waals surface area contributed by atoms with Crippen molar-refractivity contribution in [3.8, 4) is 0 Å². The molecule has 0 fully saturated rings. The highest BCUT2D eigenvalue weighted by Crippen LogP contribution is 2.12. The van der Waals surface area contributed by atoms with Crippen LogP contribution in [0, 0.1) is 6.92 Å². The van der Waals surface area contributed by atoms with Crippen LogP contribution < -0.4 is 0 Å². The van der Waals surface area contributed by atoms with Crippen molar-refractivity contribution >= 4 is 5.97 Å². The summed E-state index contributed by atoms with van der Waals surface area (Å²) in [5.41, 5.74) is 4.90. The average Bonchev–Trinajstić information content (AvgIpc) is 2.34. The van der Waals surface area contributed by atoms with Crippen LogP contribution in [0.3, 0.4) is 0 Å². The van der Waals surface area contributed by atoms with Crippen molar-refractivity contribution < 1.29 is 9.53 Å². The van der Waals surface area contributed by atoms with E-state index in [0.29, 0.717) is 12.2 Å². The molecule has 0 atom stereocenters. The zero-order valence-electron chi connectivity index (χ0n) is 12.4. The Kier molecular flexibility index (Phi) is 5.56. The van der Waals surface area contributed by atoms with Crippen LogP contribution in [0.15, 0.2) is 47.1 Å². The van der Waals surface area contributed by atoms with Gasteiger partial charge in [-0.3, -0.25) is 0 Å². The van der Waals surface area contributed by atoms with Crippen LogP contribution in [0.2, 0.25) is 0 Å². The first-order valence-corrected chi connectivity index (χ1v) is 6.45. The van der Waals surface area contributed by atoms with Crippen LogP contribution in [-0.2, 0) is 16.1 Å². The van der Waals surface area contributed by atoms with E-state index in [1.807, 2.05) is 65.0 Å². The molecule has 0 bridgehead atoms. The van der Waals surface area contributed by atoms with Gasteiger partial charge in [-0.15, -0.1) is 0 Å². The second kappa shape index (κ2) is 6.93. The molecule has 102 valence electrons. The second-order valence-electron chi connectivity index (χ2n) is 5.20. The number of benzene rings is 1. The largest absolute Gasteiger partial charge is 0.457 e. The van der Waals surface area contributed by atoms with Gasteiger partial charge in [0.05, 0.1) is 5.57 Å². The lowest BCUT2D eigenvalue weighted by atomic mass is 10.1. The van der Waals surface area contributed by atoms with Crippen LogP contribution >= 0.6 is 0 Å². The van der Waals surface area contributed by atoms with E-state index in [2.05, 4.69) is 0 Å². The van der Waals surface area contributed by atoms with E-state index in [0.717, 1.165) is 16.7 Å². The van der Waals surface area contributed by atoms with Crippen molar-refractivity contribution in [3.05, 3.63) is 58.2 Å². The van der Waals surface area contributed by atoms with E-state index in [4.69, 9.17) is 4.74 Å². The van der Waals surface area contributed by atoms with E-state index >= 15 is 0 Å². The predicted molar refractivity (Wildman–Crippen MR) is 78.8 cm³/mol. The Hall–Kier alpha value is -1.83. The molecule has 0 saturated carbocycles. The Labute approximate surface area is 115 Å². The zero-order valence-corrected chi connectivity index (χ0v) is 12.4. The first kappa shape index (κ1) is 15.2. The van der Waals surface area contributed by atoms with Gasteiger partial charge in [0.1, 0.15) is 6.61 Å². The maximum atomic E-state index is 12.0. The van der Waals surface area contributed by atoms with Gasteiger partial charge in [0.25, 0.3) is 0 Å². The fraction of sp³-hybridized carbons (Fsp3) is 0.353. The molecule has 0 saturated heterocycles. The van der Waals surface area contributed by atoms with E-state index in [1.54, 1.807) is 0 Å². The summed E-state index contributed by atoms with van der Waals surface area (Å²) in [6, 6.07) is 7.99. The van der Waals surface area contributed by atoms with E-state index < -0.39 is 0 Å². The van der Waals surface area contributed by atoms with Crippen molar-refractivity contribution in [2.24, 2.45) is 0 Å². The van der Waals surface area contributed by atoms with Gasteiger partial charge < -0.3 is 4.74 Å². The van der Waals surface area contributed by atoms with Crippen molar-refractivity contribution in [2.45, 2.75) is 41.2 Å². The molecule has 0 aliphatic carbocycles. The Morgan fingerprint density at radius 3 is 2.16 bits per heavy atom. The number of hydrogen-bond donors (Lipinski definition) is 0. The van der Waals surface area contributed by atoms with Gasteiger partial charge in [-0.1, -0.05) is 41.0 Å². The normalized spacial score (nSPS) is 9.74. The summed E-state index contributed by atoms with van der Waals surface area (Å²) < 4.78 is 5.35. The van der Waals surface area contributed by atoms with Crippen molar-refractivity contribution in [3.63, 3.8) is 0 Å². The molecule has 1 aromatic rings. The maximum Gasteiger partial charge on any atom is 0.338 e. The number of carbonyl (C=O) groups is 1. The quantitative estimate of drug-likeness (QED) is 0.456. The molecule has 2 heteroatoms. The topological polar surface area (TPSA) is 26.3 Å². The second-order valence-corrected chi connectivity index (χ2v) is 5.20. The van der Waals surface area contributed by atoms with Crippen molar-refractivity contribution in [1.82, 2.24) is 0 Å². The zero-order chi connectivity index (χ0) is 14.4. The molecule has 0 heterocycles. The predicted octanol–water partition coefficient (Wildman–Crippen LogP) is 4.34. The van der Waals surface area contributed by atoms with Gasteiger partial charge in [-0.2, -0.15) is 0 Å². The molecule has 0 amide bonds. The van der Waals surface area contributed by atoms with Crippen LogP contribution in [0.1, 0.15) is 38.8 Å². The lowest BCUT2D eigenvalue weighted by Gasteiger charge is -2.08. The van der Waals surface area contributed by atoms with Gasteiger partial charge in [0, 0.05) is 0 Å². The SMILES string of the molecule is CC(C)=CC(C(=O)OCc1ccc(C)cc1)=C(C)C. The number of rotatable bonds is 4. The number of carbonyl (C=O) groups excluding carboxylic acids is 1. The third-order valence-corrected chi connectivity index (χ3v) is 2.68. The van der Waals surface area contributed by atoms with Crippen LogP contribution in [0.4, 0.5) is 0 Å². The number of esters is 1. The molecule has 0 unspecified atom stereocenters. The van der Waals surface area contributed by atoms with Crippen LogP contribution in [-0.4, -0.2) is 5.97 Å². The minimum atomic E-state index is -0.262. The Balaban J connectivity index is 2.71. The monoisotopic (exact) mass is 258 g/mol. The molecule has 2 nitrogen and oxygen atoms in total. The Morgan fingerprint density at radius 1 is 1.11 bits per heavy atom. The van der Waals surface area contributed by atoms with Gasteiger partial charge in [0.15, 0.2) is 0 Å². The lowest BCUT2D eigenvalue weighted by Crippen LogP contribution is -2.08. The van der Waals surface area contributed by atoms with E-state index in [1.165, 1.54) is 5.56 Å². The first-order chi connectivity index (χ1) is 8.90. The van der Waals surface area contributed by atoms with Crippen molar-refractivity contribution in [1.29, 1.82) is 0 Å². The number of ether oxygens (including phenoxy) is 1. The standard InChI is InChI=1S/C17H22O2/c1-12(2)10-16(13(3)4)17(18)19-11-15-8-6-14(5)7-9-15/h6-10H,11H2,1-5H3. The lowest BCUT2D eigenvalue weighted by molar-refractivity contribution is -0.139. The van der Waals surface area contributed by atoms with Crippen LogP contribution in [0.25, 0.3) is 0 Å². The van der Waals surface area contributed by atoms with Crippen LogP contribution in [0.5, 0.6) is 0 Å². The fourth-order valence-electron chi connectivity index (χ4n) is 1.61. The van der Waals surface area contributed by atoms with Gasteiger partial charge in [0.2, 0.25) is 0 Å². The maximum absolute atomic E-state index is 12.0. The molecule has 1 rings (SSSR count). The summed E-state index contributed by atoms with van der Waals surface area (Å²) >= 11 is 0. The third kappa shape index (κ3) is 5.12. The average molecular weight is 258 g/mol. The molecule has 19 heavy (non-hydrogen) atoms. The Morgan fingerprint density at radius 2 is 1.68 bits per heavy atom. The molecule has 0 aliphatic rings. The van der Waals surface area contributed by atoms with E-state index in [9.17, 15) is 4.79 Å². The molecule has 1 aromatic carbocycles. The number of aryl methyl sites for hydroxylation is 1. The summed E-state index contributed by atoms with van der Waals surface area (Å²) in [7, 11) is 0. The molecule has 0 aromatic heterocycles. The minimum Gasteiger partial charge on any atom is -0.457 e. The summed E-state index contributed by atoms with van der Waals surface area (Å²) in [5, 5.41) is 0. The minimum absolute atomic E-state index is 0.262. The summed E-state index contributed by atoms with van der Waals surface area (Å²) in [4.78, 5) is 12.0. The highest BCUT2D eigenvalue weighted by Gasteiger charge is 2.10. The summed E-state index contributed by atoms with van der Waals surface area (Å²) in [6.07, 6.45) is 1.87. The van der Waals surface area contributed by atoms with Gasteiger partial charge >= 0.3 is 5.97 Å². The highest BCUT2D eigenvalue weighted by atomic mass is 16.5. The molecule has 0 aliphatic heterocycles. The molecular weight excluding hydrogens is 236 g/mol. The molecule has 0 radical (unpaired) electrons. The summed E-state index contributed by atoms with van der Waals surface area (Å²) in [5.74, 6) is -0.262. The molecular formula is C17H22O2. The molecule has 0 N–H and O–H groups in total.